The maximum absolute atomic E-state index is 12.5. The molecule has 1 aliphatic rings. The molecule has 1 aromatic carbocycles. The lowest BCUT2D eigenvalue weighted by Gasteiger charge is -2.23. The third kappa shape index (κ3) is 4.61. The van der Waals surface area contributed by atoms with Crippen LogP contribution >= 0.6 is 0 Å². The highest BCUT2D eigenvalue weighted by Gasteiger charge is 2.28. The summed E-state index contributed by atoms with van der Waals surface area (Å²) in [5, 5.41) is 13.8. The number of imide groups is 1. The summed E-state index contributed by atoms with van der Waals surface area (Å²) in [7, 11) is 0. The van der Waals surface area contributed by atoms with Crippen LogP contribution in [0.2, 0.25) is 0 Å². The lowest BCUT2D eigenvalue weighted by molar-refractivity contribution is -0.141. The Kier molecular flexibility index (Phi) is 6.29. The van der Waals surface area contributed by atoms with Crippen molar-refractivity contribution in [1.29, 1.82) is 0 Å². The Bertz CT molecular complexity index is 826. The minimum Gasteiger partial charge on any atom is -0.480 e. The molecule has 1 heterocycles. The van der Waals surface area contributed by atoms with Crippen LogP contribution in [0.4, 0.5) is 5.69 Å². The number of aliphatic carboxylic acids is 1. The third-order valence-electron chi connectivity index (χ3n) is 4.16. The van der Waals surface area contributed by atoms with Crippen molar-refractivity contribution in [2.45, 2.75) is 32.9 Å². The summed E-state index contributed by atoms with van der Waals surface area (Å²) in [5.74, 6) is -3.54. The lowest BCUT2D eigenvalue weighted by Crippen LogP contribution is -2.53. The number of amides is 4. The Morgan fingerprint density at radius 1 is 0.929 bits per heavy atom. The number of carbonyl (C=O) groups is 5. The highest BCUT2D eigenvalue weighted by molar-refractivity contribution is 6.28. The van der Waals surface area contributed by atoms with Gasteiger partial charge in [-0.05, 0) is 37.1 Å². The molecule has 3 N–H and O–H groups in total. The molecule has 1 aromatic rings. The van der Waals surface area contributed by atoms with Crippen LogP contribution in [0, 0.1) is 5.92 Å². The van der Waals surface area contributed by atoms with Crippen molar-refractivity contribution in [3.63, 3.8) is 0 Å². The first kappa shape index (κ1) is 20.8. The molecule has 0 fully saturated rings. The van der Waals surface area contributed by atoms with Gasteiger partial charge in [-0.3, -0.25) is 24.0 Å². The first-order valence-electron chi connectivity index (χ1n) is 8.62. The number of nitrogens with one attached hydrogen (secondary N) is 2. The second-order valence-corrected chi connectivity index (χ2v) is 6.66. The Morgan fingerprint density at radius 2 is 1.46 bits per heavy atom. The van der Waals surface area contributed by atoms with Gasteiger partial charge in [0.15, 0.2) is 0 Å². The highest BCUT2D eigenvalue weighted by atomic mass is 16.4. The monoisotopic (exact) mass is 387 g/mol. The van der Waals surface area contributed by atoms with Crippen molar-refractivity contribution in [3.8, 4) is 0 Å². The average molecular weight is 387 g/mol. The van der Waals surface area contributed by atoms with Gasteiger partial charge in [0.05, 0.1) is 5.69 Å². The molecule has 0 aromatic heterocycles. The van der Waals surface area contributed by atoms with Gasteiger partial charge in [-0.25, -0.2) is 4.90 Å². The van der Waals surface area contributed by atoms with E-state index in [2.05, 4.69) is 10.6 Å². The van der Waals surface area contributed by atoms with Crippen molar-refractivity contribution in [2.24, 2.45) is 5.92 Å². The Hall–Kier alpha value is -3.49. The number of nitrogens with zero attached hydrogens (tertiary/aromatic N) is 1. The zero-order valence-corrected chi connectivity index (χ0v) is 15.6. The molecule has 0 bridgehead atoms. The van der Waals surface area contributed by atoms with Crippen LogP contribution in [0.1, 0.15) is 31.1 Å². The first-order valence-corrected chi connectivity index (χ1v) is 8.62. The Balaban J connectivity index is 2.09. The predicted octanol–water partition coefficient (Wildman–Crippen LogP) is 0.460. The van der Waals surface area contributed by atoms with Gasteiger partial charge in [0, 0.05) is 17.7 Å². The zero-order chi connectivity index (χ0) is 21.0. The molecule has 148 valence electrons. The van der Waals surface area contributed by atoms with Crippen molar-refractivity contribution in [1.82, 2.24) is 10.6 Å². The van der Waals surface area contributed by atoms with Crippen molar-refractivity contribution in [2.75, 3.05) is 4.90 Å². The molecule has 0 saturated carbocycles. The summed E-state index contributed by atoms with van der Waals surface area (Å²) < 4.78 is 0. The van der Waals surface area contributed by atoms with Crippen molar-refractivity contribution in [3.05, 3.63) is 42.0 Å². The number of hydrogen-bond donors (Lipinski definition) is 3. The summed E-state index contributed by atoms with van der Waals surface area (Å²) in [6.45, 7) is 4.77. The first-order chi connectivity index (χ1) is 13.1. The van der Waals surface area contributed by atoms with Crippen LogP contribution in [-0.2, 0) is 19.2 Å². The number of rotatable bonds is 7. The largest absolute Gasteiger partial charge is 0.480 e. The van der Waals surface area contributed by atoms with Gasteiger partial charge in [-0.15, -0.1) is 0 Å². The van der Waals surface area contributed by atoms with Crippen molar-refractivity contribution >= 4 is 35.3 Å². The minimum absolute atomic E-state index is 0.223. The normalized spacial score (nSPS) is 15.5. The lowest BCUT2D eigenvalue weighted by atomic mass is 10.0. The molecule has 4 amide bonds. The molecular weight excluding hydrogens is 366 g/mol. The molecule has 0 saturated heterocycles. The number of anilines is 1. The number of carboxylic acids is 1. The Labute approximate surface area is 161 Å². The van der Waals surface area contributed by atoms with E-state index < -0.39 is 41.7 Å². The fourth-order valence-corrected chi connectivity index (χ4v) is 2.54. The smallest absolute Gasteiger partial charge is 0.325 e. The summed E-state index contributed by atoms with van der Waals surface area (Å²) in [6, 6.07) is 3.75. The summed E-state index contributed by atoms with van der Waals surface area (Å²) in [6.07, 6.45) is 2.32. The van der Waals surface area contributed by atoms with E-state index in [1.807, 2.05) is 0 Å². The van der Waals surface area contributed by atoms with E-state index in [4.69, 9.17) is 5.11 Å². The number of carbonyl (C=O) groups excluding carboxylic acids is 4. The topological polar surface area (TPSA) is 133 Å². The SMILES string of the molecule is CC(C)[C@H](NC(=O)c1ccc(N2C(=O)C=CC2=O)cc1)C(=O)N[C@H](C)C(=O)O. The second-order valence-electron chi connectivity index (χ2n) is 6.66. The van der Waals surface area contributed by atoms with E-state index in [0.717, 1.165) is 17.1 Å². The van der Waals surface area contributed by atoms with E-state index in [1.165, 1.54) is 31.2 Å². The van der Waals surface area contributed by atoms with Crippen LogP contribution in [0.3, 0.4) is 0 Å². The molecule has 2 rings (SSSR count). The standard InChI is InChI=1S/C19H21N3O6/c1-10(2)16(18(26)20-11(3)19(27)28)21-17(25)12-4-6-13(7-5-12)22-14(23)8-9-15(22)24/h4-11,16H,1-3H3,(H,20,26)(H,21,25)(H,27,28)/t11-,16+/m1/s1. The van der Waals surface area contributed by atoms with Crippen LogP contribution in [0.15, 0.2) is 36.4 Å². The molecule has 0 unspecified atom stereocenters. The van der Waals surface area contributed by atoms with E-state index in [9.17, 15) is 24.0 Å². The quantitative estimate of drug-likeness (QED) is 0.582. The summed E-state index contributed by atoms with van der Waals surface area (Å²) in [4.78, 5) is 60.0. The van der Waals surface area contributed by atoms with Crippen LogP contribution in [-0.4, -0.2) is 46.8 Å². The van der Waals surface area contributed by atoms with Gasteiger partial charge in [0.1, 0.15) is 12.1 Å². The fraction of sp³-hybridized carbons (Fsp3) is 0.316. The molecule has 0 spiro atoms. The van der Waals surface area contributed by atoms with Crippen LogP contribution < -0.4 is 15.5 Å². The van der Waals surface area contributed by atoms with E-state index in [1.54, 1.807) is 13.8 Å². The fourth-order valence-electron chi connectivity index (χ4n) is 2.54. The maximum atomic E-state index is 12.5. The Morgan fingerprint density at radius 3 is 1.93 bits per heavy atom. The van der Waals surface area contributed by atoms with Gasteiger partial charge in [-0.2, -0.15) is 0 Å². The average Bonchev–Trinajstić information content (AvgIpc) is 2.97. The predicted molar refractivity (Wildman–Crippen MR) is 99.4 cm³/mol. The molecule has 0 radical (unpaired) electrons. The molecule has 9 nitrogen and oxygen atoms in total. The zero-order valence-electron chi connectivity index (χ0n) is 15.6. The molecule has 28 heavy (non-hydrogen) atoms. The molecule has 2 atom stereocenters. The second kappa shape index (κ2) is 8.47. The minimum atomic E-state index is -1.18. The van der Waals surface area contributed by atoms with Crippen LogP contribution in [0.5, 0.6) is 0 Å². The molecule has 0 aliphatic carbocycles. The molecular formula is C19H21N3O6. The van der Waals surface area contributed by atoms with Gasteiger partial charge in [0.2, 0.25) is 5.91 Å². The van der Waals surface area contributed by atoms with Crippen LogP contribution in [0.25, 0.3) is 0 Å². The molecule has 9 heteroatoms. The van der Waals surface area contributed by atoms with Crippen molar-refractivity contribution < 1.29 is 29.1 Å². The highest BCUT2D eigenvalue weighted by Crippen LogP contribution is 2.19. The van der Waals surface area contributed by atoms with Gasteiger partial charge >= 0.3 is 5.97 Å². The number of benzene rings is 1. The number of hydrogen-bond acceptors (Lipinski definition) is 5. The van der Waals surface area contributed by atoms with E-state index in [-0.39, 0.29) is 11.5 Å². The van der Waals surface area contributed by atoms with Gasteiger partial charge in [0.25, 0.3) is 17.7 Å². The van der Waals surface area contributed by atoms with E-state index >= 15 is 0 Å². The third-order valence-corrected chi connectivity index (χ3v) is 4.16. The summed E-state index contributed by atoms with van der Waals surface area (Å²) >= 11 is 0. The number of carboxylic acid groups (broad SMARTS) is 1. The van der Waals surface area contributed by atoms with Gasteiger partial charge < -0.3 is 15.7 Å². The molecule has 1 aliphatic heterocycles. The summed E-state index contributed by atoms with van der Waals surface area (Å²) in [5.41, 5.74) is 0.547. The van der Waals surface area contributed by atoms with E-state index in [0.29, 0.717) is 5.69 Å². The maximum Gasteiger partial charge on any atom is 0.325 e. The van der Waals surface area contributed by atoms with Gasteiger partial charge in [-0.1, -0.05) is 13.8 Å².